The van der Waals surface area contributed by atoms with Gasteiger partial charge in [0.1, 0.15) is 0 Å². The van der Waals surface area contributed by atoms with Crippen LogP contribution in [0.15, 0.2) is 22.7 Å². The third kappa shape index (κ3) is 3.19. The van der Waals surface area contributed by atoms with Crippen LogP contribution in [-0.2, 0) is 4.74 Å². The van der Waals surface area contributed by atoms with E-state index in [0.717, 1.165) is 41.1 Å². The monoisotopic (exact) mass is 331 g/mol. The summed E-state index contributed by atoms with van der Waals surface area (Å²) in [6.45, 7) is 5.19. The lowest BCUT2D eigenvalue weighted by molar-refractivity contribution is -0.0708. The van der Waals surface area contributed by atoms with Crippen molar-refractivity contribution in [2.75, 3.05) is 11.9 Å². The summed E-state index contributed by atoms with van der Waals surface area (Å²) in [5.74, 6) is 0. The number of anilines is 1. The van der Waals surface area contributed by atoms with Crippen LogP contribution < -0.4 is 5.32 Å². The highest BCUT2D eigenvalue weighted by molar-refractivity contribution is 9.10. The van der Waals surface area contributed by atoms with Crippen LogP contribution in [0.25, 0.3) is 0 Å². The van der Waals surface area contributed by atoms with Crippen LogP contribution in [0, 0.1) is 0 Å². The van der Waals surface area contributed by atoms with Gasteiger partial charge in [0, 0.05) is 12.6 Å². The minimum absolute atomic E-state index is 0.000960. The smallest absolute Gasteiger partial charge is 0.0671 e. The van der Waals surface area contributed by atoms with Crippen molar-refractivity contribution in [1.82, 2.24) is 0 Å². The second-order valence-corrected chi connectivity index (χ2v) is 6.29. The topological polar surface area (TPSA) is 21.3 Å². The van der Waals surface area contributed by atoms with Gasteiger partial charge < -0.3 is 10.1 Å². The van der Waals surface area contributed by atoms with E-state index in [1.54, 1.807) is 0 Å². The number of rotatable bonds is 3. The Hall–Kier alpha value is -0.250. The van der Waals surface area contributed by atoms with Crippen molar-refractivity contribution < 1.29 is 4.74 Å². The zero-order valence-electron chi connectivity index (χ0n) is 10.8. The summed E-state index contributed by atoms with van der Waals surface area (Å²) >= 11 is 9.63. The maximum Gasteiger partial charge on any atom is 0.0671 e. The average molecular weight is 333 g/mol. The molecule has 2 atom stereocenters. The molecule has 1 aromatic rings. The van der Waals surface area contributed by atoms with E-state index in [1.807, 2.05) is 12.1 Å². The molecule has 0 saturated carbocycles. The lowest BCUT2D eigenvalue weighted by atomic mass is 9.90. The second kappa shape index (κ2) is 5.81. The lowest BCUT2D eigenvalue weighted by Gasteiger charge is -2.38. The van der Waals surface area contributed by atoms with Gasteiger partial charge in [-0.05, 0) is 54.2 Å². The third-order valence-corrected chi connectivity index (χ3v) is 5.05. The van der Waals surface area contributed by atoms with Gasteiger partial charge in [-0.2, -0.15) is 0 Å². The summed E-state index contributed by atoms with van der Waals surface area (Å²) in [6, 6.07) is 6.35. The van der Waals surface area contributed by atoms with Crippen LogP contribution in [0.2, 0.25) is 5.02 Å². The Labute approximate surface area is 122 Å². The molecular formula is C14H19BrClNO. The highest BCUT2D eigenvalue weighted by atomic mass is 79.9. The summed E-state index contributed by atoms with van der Waals surface area (Å²) in [5.41, 5.74) is 1.06. The highest BCUT2D eigenvalue weighted by Crippen LogP contribution is 2.34. The van der Waals surface area contributed by atoms with E-state index in [4.69, 9.17) is 16.3 Å². The van der Waals surface area contributed by atoms with Gasteiger partial charge in [-0.3, -0.25) is 0 Å². The minimum atomic E-state index is 0.000960. The molecule has 0 bridgehead atoms. The number of hydrogen-bond acceptors (Lipinski definition) is 2. The standard InChI is InChI=1S/C14H19BrClNO/c1-3-14(2)9-10(7-8-18-14)17-12-6-4-5-11(16)13(12)15/h4-6,10,17H,3,7-9H2,1-2H3. The van der Waals surface area contributed by atoms with Gasteiger partial charge in [-0.25, -0.2) is 0 Å². The van der Waals surface area contributed by atoms with E-state index in [-0.39, 0.29) is 5.60 Å². The van der Waals surface area contributed by atoms with Crippen molar-refractivity contribution in [3.63, 3.8) is 0 Å². The van der Waals surface area contributed by atoms with Crippen LogP contribution in [0.5, 0.6) is 0 Å². The number of ether oxygens (including phenoxy) is 1. The van der Waals surface area contributed by atoms with Gasteiger partial charge in [0.2, 0.25) is 0 Å². The largest absolute Gasteiger partial charge is 0.381 e. The van der Waals surface area contributed by atoms with E-state index in [2.05, 4.69) is 41.2 Å². The average Bonchev–Trinajstić information content (AvgIpc) is 2.35. The highest BCUT2D eigenvalue weighted by Gasteiger charge is 2.31. The molecule has 100 valence electrons. The Morgan fingerprint density at radius 3 is 3.06 bits per heavy atom. The van der Waals surface area contributed by atoms with Crippen LogP contribution in [0.3, 0.4) is 0 Å². The van der Waals surface area contributed by atoms with Crippen molar-refractivity contribution in [2.45, 2.75) is 44.8 Å². The molecule has 2 nitrogen and oxygen atoms in total. The van der Waals surface area contributed by atoms with E-state index in [9.17, 15) is 0 Å². The van der Waals surface area contributed by atoms with Gasteiger partial charge in [0.15, 0.2) is 0 Å². The normalized spacial score (nSPS) is 28.1. The zero-order valence-corrected chi connectivity index (χ0v) is 13.1. The van der Waals surface area contributed by atoms with Gasteiger partial charge in [-0.1, -0.05) is 24.6 Å². The van der Waals surface area contributed by atoms with E-state index < -0.39 is 0 Å². The molecule has 0 aliphatic carbocycles. The fourth-order valence-corrected chi connectivity index (χ4v) is 2.89. The molecule has 0 radical (unpaired) electrons. The predicted molar refractivity (Wildman–Crippen MR) is 80.4 cm³/mol. The van der Waals surface area contributed by atoms with E-state index in [1.165, 1.54) is 0 Å². The quantitative estimate of drug-likeness (QED) is 0.853. The number of nitrogens with one attached hydrogen (secondary N) is 1. The Morgan fingerprint density at radius 1 is 1.56 bits per heavy atom. The summed E-state index contributed by atoms with van der Waals surface area (Å²) in [5, 5.41) is 4.31. The molecule has 1 saturated heterocycles. The van der Waals surface area contributed by atoms with Crippen LogP contribution in [0.1, 0.15) is 33.1 Å². The molecule has 1 aliphatic rings. The summed E-state index contributed by atoms with van der Waals surface area (Å²) in [6.07, 6.45) is 3.11. The Balaban J connectivity index is 2.07. The molecular weight excluding hydrogens is 314 g/mol. The Bertz CT molecular complexity index is 426. The van der Waals surface area contributed by atoms with Crippen molar-refractivity contribution >= 4 is 33.2 Å². The van der Waals surface area contributed by atoms with Crippen LogP contribution in [0.4, 0.5) is 5.69 Å². The van der Waals surface area contributed by atoms with Crippen molar-refractivity contribution in [1.29, 1.82) is 0 Å². The van der Waals surface area contributed by atoms with Crippen LogP contribution in [-0.4, -0.2) is 18.2 Å². The van der Waals surface area contributed by atoms with Gasteiger partial charge in [0.05, 0.1) is 20.8 Å². The fourth-order valence-electron chi connectivity index (χ4n) is 2.33. The van der Waals surface area contributed by atoms with Gasteiger partial charge >= 0.3 is 0 Å². The van der Waals surface area contributed by atoms with E-state index in [0.29, 0.717) is 6.04 Å². The molecule has 2 unspecified atom stereocenters. The molecule has 0 aromatic heterocycles. The second-order valence-electron chi connectivity index (χ2n) is 5.09. The third-order valence-electron chi connectivity index (χ3n) is 3.65. The fraction of sp³-hybridized carbons (Fsp3) is 0.571. The first-order valence-corrected chi connectivity index (χ1v) is 7.56. The maximum absolute atomic E-state index is 6.10. The van der Waals surface area contributed by atoms with Crippen LogP contribution >= 0.6 is 27.5 Å². The number of halogens is 2. The molecule has 4 heteroatoms. The lowest BCUT2D eigenvalue weighted by Crippen LogP contribution is -2.41. The maximum atomic E-state index is 6.10. The molecule has 2 rings (SSSR count). The summed E-state index contributed by atoms with van der Waals surface area (Å²) in [4.78, 5) is 0. The Kier molecular flexibility index (Phi) is 4.57. The SMILES string of the molecule is CCC1(C)CC(Nc2cccc(Cl)c2Br)CCO1. The predicted octanol–water partition coefficient (Wildman–Crippen LogP) is 4.86. The van der Waals surface area contributed by atoms with Crippen molar-refractivity contribution in [3.8, 4) is 0 Å². The first-order chi connectivity index (χ1) is 8.54. The molecule has 1 aromatic carbocycles. The number of benzene rings is 1. The molecule has 1 N–H and O–H groups in total. The van der Waals surface area contributed by atoms with Crippen molar-refractivity contribution in [3.05, 3.63) is 27.7 Å². The molecule has 1 aliphatic heterocycles. The minimum Gasteiger partial charge on any atom is -0.381 e. The first kappa shape index (κ1) is 14.2. The Morgan fingerprint density at radius 2 is 2.33 bits per heavy atom. The molecule has 18 heavy (non-hydrogen) atoms. The summed E-state index contributed by atoms with van der Waals surface area (Å²) < 4.78 is 6.80. The molecule has 0 amide bonds. The van der Waals surface area contributed by atoms with Gasteiger partial charge in [-0.15, -0.1) is 0 Å². The van der Waals surface area contributed by atoms with Gasteiger partial charge in [0.25, 0.3) is 0 Å². The molecule has 0 spiro atoms. The summed E-state index contributed by atoms with van der Waals surface area (Å²) in [7, 11) is 0. The zero-order chi connectivity index (χ0) is 13.2. The molecule has 1 heterocycles. The number of hydrogen-bond donors (Lipinski definition) is 1. The first-order valence-electron chi connectivity index (χ1n) is 6.38. The van der Waals surface area contributed by atoms with E-state index >= 15 is 0 Å². The van der Waals surface area contributed by atoms with Crippen molar-refractivity contribution in [2.24, 2.45) is 0 Å². The molecule has 1 fully saturated rings.